The molecule has 1 unspecified atom stereocenters. The third kappa shape index (κ3) is 2.54. The fraction of sp³-hybridized carbons (Fsp3) is 0.250. The molecule has 17 heavy (non-hydrogen) atoms. The third-order valence-corrected chi connectivity index (χ3v) is 3.34. The van der Waals surface area contributed by atoms with Crippen LogP contribution in [0, 0.1) is 0 Å². The monoisotopic (exact) mass is 315 g/mol. The van der Waals surface area contributed by atoms with Gasteiger partial charge in [-0.3, -0.25) is 0 Å². The van der Waals surface area contributed by atoms with Crippen LogP contribution in [0.4, 0.5) is 0 Å². The molecule has 5 heteroatoms. The molecule has 0 spiro atoms. The van der Waals surface area contributed by atoms with Crippen LogP contribution in [-0.2, 0) is 6.42 Å². The number of hydrogen-bond acceptors (Lipinski definition) is 3. The van der Waals surface area contributed by atoms with E-state index >= 15 is 0 Å². The maximum absolute atomic E-state index is 11.8. The van der Waals surface area contributed by atoms with Crippen molar-refractivity contribution in [3.05, 3.63) is 43.7 Å². The molecule has 0 aliphatic heterocycles. The van der Waals surface area contributed by atoms with E-state index in [4.69, 9.17) is 21.8 Å². The van der Waals surface area contributed by atoms with Crippen molar-refractivity contribution >= 4 is 38.5 Å². The lowest BCUT2D eigenvalue weighted by Crippen LogP contribution is -2.22. The number of nitrogens with two attached hydrogens (primary N) is 1. The van der Waals surface area contributed by atoms with Crippen LogP contribution in [0.1, 0.15) is 12.5 Å². The summed E-state index contributed by atoms with van der Waals surface area (Å²) in [6.45, 7) is 1.82. The summed E-state index contributed by atoms with van der Waals surface area (Å²) in [5.74, 6) is 0. The Hall–Kier alpha value is -0.840. The van der Waals surface area contributed by atoms with E-state index in [1.807, 2.05) is 13.0 Å². The van der Waals surface area contributed by atoms with Crippen LogP contribution in [-0.4, -0.2) is 6.04 Å². The molecule has 1 aromatic heterocycles. The average Bonchev–Trinajstić information content (AvgIpc) is 2.25. The van der Waals surface area contributed by atoms with E-state index in [9.17, 15) is 4.79 Å². The van der Waals surface area contributed by atoms with Crippen molar-refractivity contribution in [3.63, 3.8) is 0 Å². The summed E-state index contributed by atoms with van der Waals surface area (Å²) in [5, 5.41) is 1.14. The molecule has 2 rings (SSSR count). The molecule has 0 radical (unpaired) electrons. The molecule has 2 N–H and O–H groups in total. The summed E-state index contributed by atoms with van der Waals surface area (Å²) >= 11 is 9.58. The van der Waals surface area contributed by atoms with Gasteiger partial charge in [0.25, 0.3) is 0 Å². The smallest absolute Gasteiger partial charge is 0.341 e. The van der Waals surface area contributed by atoms with Crippen molar-refractivity contribution in [1.82, 2.24) is 0 Å². The van der Waals surface area contributed by atoms with Crippen molar-refractivity contribution in [2.24, 2.45) is 5.73 Å². The summed E-state index contributed by atoms with van der Waals surface area (Å²) in [6, 6.07) is 5.19. The van der Waals surface area contributed by atoms with E-state index in [1.165, 1.54) is 0 Å². The van der Waals surface area contributed by atoms with Gasteiger partial charge in [-0.1, -0.05) is 27.5 Å². The van der Waals surface area contributed by atoms with Gasteiger partial charge in [0, 0.05) is 15.9 Å². The largest absolute Gasteiger partial charge is 0.422 e. The fourth-order valence-corrected chi connectivity index (χ4v) is 2.33. The van der Waals surface area contributed by atoms with Gasteiger partial charge in [0.15, 0.2) is 0 Å². The molecule has 0 saturated carbocycles. The minimum atomic E-state index is -0.415. The Morgan fingerprint density at radius 2 is 2.24 bits per heavy atom. The quantitative estimate of drug-likeness (QED) is 0.866. The second-order valence-electron chi connectivity index (χ2n) is 4.00. The van der Waals surface area contributed by atoms with Crippen molar-refractivity contribution in [2.75, 3.05) is 0 Å². The highest BCUT2D eigenvalue weighted by Crippen LogP contribution is 2.28. The maximum atomic E-state index is 11.8. The predicted molar refractivity (Wildman–Crippen MR) is 72.5 cm³/mol. The Balaban J connectivity index is 2.73. The summed E-state index contributed by atoms with van der Waals surface area (Å²) < 4.78 is 6.10. The van der Waals surface area contributed by atoms with E-state index in [0.717, 1.165) is 9.86 Å². The number of hydrogen-bond donors (Lipinski definition) is 1. The Morgan fingerprint density at radius 1 is 1.53 bits per heavy atom. The molecule has 0 fully saturated rings. The molecule has 1 aromatic carbocycles. The zero-order chi connectivity index (χ0) is 12.6. The average molecular weight is 317 g/mol. The van der Waals surface area contributed by atoms with Gasteiger partial charge >= 0.3 is 5.63 Å². The minimum Gasteiger partial charge on any atom is -0.422 e. The Morgan fingerprint density at radius 3 is 2.88 bits per heavy atom. The fourth-order valence-electron chi connectivity index (χ4n) is 1.67. The maximum Gasteiger partial charge on any atom is 0.341 e. The molecule has 0 bridgehead atoms. The van der Waals surface area contributed by atoms with Crippen molar-refractivity contribution in [1.29, 1.82) is 0 Å². The first kappa shape index (κ1) is 12.6. The highest BCUT2D eigenvalue weighted by Gasteiger charge is 2.14. The van der Waals surface area contributed by atoms with E-state index < -0.39 is 5.63 Å². The number of rotatable bonds is 2. The molecule has 90 valence electrons. The van der Waals surface area contributed by atoms with Gasteiger partial charge in [0.1, 0.15) is 5.58 Å². The SMILES string of the molecule is CC(N)Cc1c(Cl)c2cc(Br)ccc2oc1=O. The molecule has 1 heterocycles. The van der Waals surface area contributed by atoms with Gasteiger partial charge in [0.05, 0.1) is 10.6 Å². The van der Waals surface area contributed by atoms with Crippen LogP contribution < -0.4 is 11.4 Å². The Labute approximate surface area is 112 Å². The summed E-state index contributed by atoms with van der Waals surface area (Å²) in [5.41, 5.74) is 6.19. The molecular weight excluding hydrogens is 305 g/mol. The Bertz CT molecular complexity index is 622. The van der Waals surface area contributed by atoms with Crippen molar-refractivity contribution < 1.29 is 4.42 Å². The van der Waals surface area contributed by atoms with Crippen LogP contribution in [0.25, 0.3) is 11.0 Å². The molecule has 0 amide bonds. The molecule has 0 saturated heterocycles. The predicted octanol–water partition coefficient (Wildman–Crippen LogP) is 3.10. The first-order chi connectivity index (χ1) is 7.99. The van der Waals surface area contributed by atoms with E-state index in [2.05, 4.69) is 15.9 Å². The van der Waals surface area contributed by atoms with Gasteiger partial charge in [0.2, 0.25) is 0 Å². The van der Waals surface area contributed by atoms with Gasteiger partial charge in [-0.25, -0.2) is 4.79 Å². The normalized spacial score (nSPS) is 12.9. The molecule has 2 aromatic rings. The lowest BCUT2D eigenvalue weighted by molar-refractivity contribution is 0.544. The van der Waals surface area contributed by atoms with Crippen molar-refractivity contribution in [2.45, 2.75) is 19.4 Å². The molecular formula is C12H11BrClNO2. The van der Waals surface area contributed by atoms with Crippen LogP contribution >= 0.6 is 27.5 Å². The van der Waals surface area contributed by atoms with Gasteiger partial charge in [-0.15, -0.1) is 0 Å². The first-order valence-electron chi connectivity index (χ1n) is 5.15. The molecule has 1 atom stereocenters. The van der Waals surface area contributed by atoms with Crippen LogP contribution in [0.2, 0.25) is 5.02 Å². The van der Waals surface area contributed by atoms with E-state index in [-0.39, 0.29) is 6.04 Å². The van der Waals surface area contributed by atoms with E-state index in [1.54, 1.807) is 12.1 Å². The topological polar surface area (TPSA) is 56.2 Å². The number of fused-ring (bicyclic) bond motifs is 1. The van der Waals surface area contributed by atoms with Gasteiger partial charge < -0.3 is 10.2 Å². The number of benzene rings is 1. The molecule has 0 aliphatic rings. The Kier molecular flexibility index (Phi) is 3.56. The van der Waals surface area contributed by atoms with E-state index in [0.29, 0.717) is 22.6 Å². The highest BCUT2D eigenvalue weighted by atomic mass is 79.9. The minimum absolute atomic E-state index is 0.139. The summed E-state index contributed by atoms with van der Waals surface area (Å²) in [4.78, 5) is 11.8. The molecule has 3 nitrogen and oxygen atoms in total. The van der Waals surface area contributed by atoms with Gasteiger partial charge in [-0.05, 0) is 31.5 Å². The number of halogens is 2. The highest BCUT2D eigenvalue weighted by molar-refractivity contribution is 9.10. The zero-order valence-corrected chi connectivity index (χ0v) is 11.5. The summed E-state index contributed by atoms with van der Waals surface area (Å²) in [6.07, 6.45) is 0.406. The van der Waals surface area contributed by atoms with Crippen LogP contribution in [0.15, 0.2) is 31.9 Å². The third-order valence-electron chi connectivity index (χ3n) is 2.42. The molecule has 0 aliphatic carbocycles. The van der Waals surface area contributed by atoms with Crippen LogP contribution in [0.5, 0.6) is 0 Å². The van der Waals surface area contributed by atoms with Gasteiger partial charge in [-0.2, -0.15) is 0 Å². The first-order valence-corrected chi connectivity index (χ1v) is 6.32. The van der Waals surface area contributed by atoms with Crippen LogP contribution in [0.3, 0.4) is 0 Å². The lowest BCUT2D eigenvalue weighted by Gasteiger charge is -2.08. The second kappa shape index (κ2) is 4.80. The summed E-state index contributed by atoms with van der Waals surface area (Å²) in [7, 11) is 0. The second-order valence-corrected chi connectivity index (χ2v) is 5.30. The lowest BCUT2D eigenvalue weighted by atomic mass is 10.1. The zero-order valence-electron chi connectivity index (χ0n) is 9.17. The standard InChI is InChI=1S/C12H11BrClNO2/c1-6(15)4-9-11(14)8-5-7(13)2-3-10(8)17-12(9)16/h2-3,5-6H,4,15H2,1H3. The van der Waals surface area contributed by atoms with Crippen molar-refractivity contribution in [3.8, 4) is 0 Å².